The summed E-state index contributed by atoms with van der Waals surface area (Å²) >= 11 is 0. The van der Waals surface area contributed by atoms with E-state index in [1.54, 1.807) is 4.68 Å². The van der Waals surface area contributed by atoms with E-state index >= 15 is 0 Å². The third kappa shape index (κ3) is 4.01. The number of hydrazone groups is 1. The lowest BCUT2D eigenvalue weighted by Crippen LogP contribution is -2.36. The van der Waals surface area contributed by atoms with Gasteiger partial charge in [0.15, 0.2) is 0 Å². The molecule has 1 saturated heterocycles. The van der Waals surface area contributed by atoms with Gasteiger partial charge in [-0.3, -0.25) is 4.79 Å². The maximum atomic E-state index is 12.2. The number of nitrogens with zero attached hydrogens (tertiary/aromatic N) is 5. The molecule has 28 heavy (non-hydrogen) atoms. The molecule has 1 aliphatic rings. The van der Waals surface area contributed by atoms with Crippen LogP contribution < -0.4 is 10.3 Å². The van der Waals surface area contributed by atoms with Crippen LogP contribution in [0.3, 0.4) is 0 Å². The fourth-order valence-corrected chi connectivity index (χ4v) is 3.15. The lowest BCUT2D eigenvalue weighted by Gasteiger charge is -2.28. The van der Waals surface area contributed by atoms with E-state index in [-0.39, 0.29) is 12.5 Å². The molecule has 0 radical (unpaired) electrons. The number of carbonyl (C=O) groups excluding carboxylic acids is 1. The van der Waals surface area contributed by atoms with Crippen molar-refractivity contribution in [1.29, 1.82) is 0 Å². The maximum absolute atomic E-state index is 12.2. The van der Waals surface area contributed by atoms with Crippen molar-refractivity contribution in [2.75, 3.05) is 31.2 Å². The molecule has 0 aliphatic carbocycles. The van der Waals surface area contributed by atoms with E-state index in [0.29, 0.717) is 0 Å². The van der Waals surface area contributed by atoms with Gasteiger partial charge in [0, 0.05) is 18.8 Å². The molecule has 1 N–H and O–H groups in total. The van der Waals surface area contributed by atoms with Crippen molar-refractivity contribution in [2.24, 2.45) is 5.10 Å². The number of fused-ring (bicyclic) bond motifs is 1. The van der Waals surface area contributed by atoms with Crippen LogP contribution in [0, 0.1) is 0 Å². The minimum Gasteiger partial charge on any atom is -0.378 e. The normalized spacial score (nSPS) is 15.0. The van der Waals surface area contributed by atoms with Gasteiger partial charge in [-0.1, -0.05) is 29.5 Å². The van der Waals surface area contributed by atoms with Gasteiger partial charge in [0.05, 0.1) is 24.4 Å². The Morgan fingerprint density at radius 1 is 1.14 bits per heavy atom. The van der Waals surface area contributed by atoms with Gasteiger partial charge in [-0.2, -0.15) is 5.10 Å². The lowest BCUT2D eigenvalue weighted by molar-refractivity contribution is -0.121. The quantitative estimate of drug-likeness (QED) is 0.541. The molecule has 0 unspecified atom stereocenters. The second kappa shape index (κ2) is 8.18. The molecule has 3 aromatic rings. The van der Waals surface area contributed by atoms with E-state index in [4.69, 9.17) is 4.74 Å². The summed E-state index contributed by atoms with van der Waals surface area (Å²) in [4.78, 5) is 14.5. The van der Waals surface area contributed by atoms with Crippen LogP contribution in [0.4, 0.5) is 5.69 Å². The van der Waals surface area contributed by atoms with Gasteiger partial charge in [0.2, 0.25) is 0 Å². The summed E-state index contributed by atoms with van der Waals surface area (Å²) in [6.45, 7) is 5.26. The Hall–Kier alpha value is -3.26. The van der Waals surface area contributed by atoms with Gasteiger partial charge in [0.1, 0.15) is 12.1 Å². The molecular weight excluding hydrogens is 356 g/mol. The van der Waals surface area contributed by atoms with Gasteiger partial charge in [-0.25, -0.2) is 10.1 Å². The number of amides is 1. The smallest absolute Gasteiger partial charge is 0.261 e. The number of morpholine rings is 1. The van der Waals surface area contributed by atoms with Crippen LogP contribution in [-0.4, -0.2) is 52.9 Å². The SMILES string of the molecule is C/C(=N/NC(=O)Cn1nnc2ccccc21)c1ccc(N2CCOCC2)cc1. The fraction of sp³-hybridized carbons (Fsp3) is 0.300. The second-order valence-corrected chi connectivity index (χ2v) is 6.61. The fourth-order valence-electron chi connectivity index (χ4n) is 3.15. The number of anilines is 1. The Labute approximate surface area is 162 Å². The molecule has 0 spiro atoms. The molecule has 1 aromatic heterocycles. The van der Waals surface area contributed by atoms with Gasteiger partial charge < -0.3 is 9.64 Å². The largest absolute Gasteiger partial charge is 0.378 e. The molecule has 2 aromatic carbocycles. The van der Waals surface area contributed by atoms with Gasteiger partial charge in [0.25, 0.3) is 5.91 Å². The highest BCUT2D eigenvalue weighted by molar-refractivity contribution is 5.99. The van der Waals surface area contributed by atoms with Crippen molar-refractivity contribution in [3.8, 4) is 0 Å². The molecule has 0 saturated carbocycles. The number of aromatic nitrogens is 3. The number of rotatable bonds is 5. The number of nitrogens with one attached hydrogen (secondary N) is 1. The molecule has 4 rings (SSSR count). The van der Waals surface area contributed by atoms with Crippen LogP contribution in [0.15, 0.2) is 53.6 Å². The van der Waals surface area contributed by atoms with Crippen LogP contribution in [-0.2, 0) is 16.1 Å². The van der Waals surface area contributed by atoms with E-state index in [9.17, 15) is 4.79 Å². The van der Waals surface area contributed by atoms with E-state index in [2.05, 4.69) is 37.9 Å². The predicted molar refractivity (Wildman–Crippen MR) is 107 cm³/mol. The minimum absolute atomic E-state index is 0.0628. The molecule has 8 nitrogen and oxygen atoms in total. The average molecular weight is 378 g/mol. The number of para-hydroxylation sites is 1. The Bertz CT molecular complexity index is 989. The first-order valence-electron chi connectivity index (χ1n) is 9.25. The molecule has 0 atom stereocenters. The van der Waals surface area contributed by atoms with Crippen molar-refractivity contribution in [1.82, 2.24) is 20.4 Å². The lowest BCUT2D eigenvalue weighted by atomic mass is 10.1. The van der Waals surface area contributed by atoms with Crippen molar-refractivity contribution in [2.45, 2.75) is 13.5 Å². The molecule has 2 heterocycles. The zero-order valence-corrected chi connectivity index (χ0v) is 15.7. The first-order valence-corrected chi connectivity index (χ1v) is 9.25. The summed E-state index contributed by atoms with van der Waals surface area (Å²) in [7, 11) is 0. The Balaban J connectivity index is 1.37. The molecule has 1 fully saturated rings. The van der Waals surface area contributed by atoms with E-state index in [1.165, 1.54) is 5.69 Å². The third-order valence-electron chi connectivity index (χ3n) is 4.72. The summed E-state index contributed by atoms with van der Waals surface area (Å²) < 4.78 is 6.95. The van der Waals surface area contributed by atoms with Crippen LogP contribution in [0.5, 0.6) is 0 Å². The number of hydrogen-bond donors (Lipinski definition) is 1. The van der Waals surface area contributed by atoms with Gasteiger partial charge in [-0.05, 0) is 36.8 Å². The van der Waals surface area contributed by atoms with Crippen LogP contribution >= 0.6 is 0 Å². The van der Waals surface area contributed by atoms with Crippen molar-refractivity contribution in [3.05, 3.63) is 54.1 Å². The Morgan fingerprint density at radius 2 is 1.89 bits per heavy atom. The number of ether oxygens (including phenoxy) is 1. The van der Waals surface area contributed by atoms with E-state index in [1.807, 2.05) is 43.3 Å². The average Bonchev–Trinajstić information content (AvgIpc) is 3.15. The summed E-state index contributed by atoms with van der Waals surface area (Å²) in [5.41, 5.74) is 7.04. The minimum atomic E-state index is -0.250. The zero-order valence-electron chi connectivity index (χ0n) is 15.7. The first kappa shape index (κ1) is 18.1. The monoisotopic (exact) mass is 378 g/mol. The molecule has 1 amide bonds. The molecule has 8 heteroatoms. The first-order chi connectivity index (χ1) is 13.7. The van der Waals surface area contributed by atoms with Crippen molar-refractivity contribution < 1.29 is 9.53 Å². The summed E-state index contributed by atoms with van der Waals surface area (Å²) in [5.74, 6) is -0.250. The third-order valence-corrected chi connectivity index (χ3v) is 4.72. The topological polar surface area (TPSA) is 84.6 Å². The van der Waals surface area contributed by atoms with Crippen LogP contribution in [0.1, 0.15) is 12.5 Å². The highest BCUT2D eigenvalue weighted by atomic mass is 16.5. The Kier molecular flexibility index (Phi) is 5.29. The number of hydrogen-bond acceptors (Lipinski definition) is 6. The summed E-state index contributed by atoms with van der Waals surface area (Å²) in [5, 5.41) is 12.3. The van der Waals surface area contributed by atoms with Crippen molar-refractivity contribution in [3.63, 3.8) is 0 Å². The van der Waals surface area contributed by atoms with E-state index < -0.39 is 0 Å². The highest BCUT2D eigenvalue weighted by Crippen LogP contribution is 2.17. The second-order valence-electron chi connectivity index (χ2n) is 6.61. The van der Waals surface area contributed by atoms with E-state index in [0.717, 1.165) is 48.6 Å². The highest BCUT2D eigenvalue weighted by Gasteiger charge is 2.11. The zero-order chi connectivity index (χ0) is 19.3. The summed E-state index contributed by atoms with van der Waals surface area (Å²) in [6.07, 6.45) is 0. The number of carbonyl (C=O) groups is 1. The number of benzene rings is 2. The maximum Gasteiger partial charge on any atom is 0.261 e. The van der Waals surface area contributed by atoms with Crippen LogP contribution in [0.25, 0.3) is 11.0 Å². The Morgan fingerprint density at radius 3 is 2.68 bits per heavy atom. The van der Waals surface area contributed by atoms with Gasteiger partial charge in [-0.15, -0.1) is 5.10 Å². The van der Waals surface area contributed by atoms with Crippen LogP contribution in [0.2, 0.25) is 0 Å². The standard InChI is InChI=1S/C20H22N6O2/c1-15(16-6-8-17(9-7-16)25-10-12-28-13-11-25)21-23-20(27)14-26-19-5-3-2-4-18(19)22-24-26/h2-9H,10-14H2,1H3,(H,23,27)/b21-15-. The molecule has 1 aliphatic heterocycles. The van der Waals surface area contributed by atoms with Gasteiger partial charge >= 0.3 is 0 Å². The molecule has 0 bridgehead atoms. The molecular formula is C20H22N6O2. The summed E-state index contributed by atoms with van der Waals surface area (Å²) in [6, 6.07) is 15.7. The van der Waals surface area contributed by atoms with Crippen molar-refractivity contribution >= 4 is 28.3 Å². The molecule has 144 valence electrons. The predicted octanol–water partition coefficient (Wildman–Crippen LogP) is 1.81.